The minimum Gasteiger partial charge on any atom is -0.434 e. The van der Waals surface area contributed by atoms with Crippen molar-refractivity contribution in [3.05, 3.63) is 47.5 Å². The number of aliphatic imine (C=N–C) groups is 1. The molecule has 0 bridgehead atoms. The van der Waals surface area contributed by atoms with Crippen LogP contribution in [0.3, 0.4) is 0 Å². The minimum absolute atomic E-state index is 0.0794. The second kappa shape index (κ2) is 9.07. The van der Waals surface area contributed by atoms with Crippen molar-refractivity contribution in [3.63, 3.8) is 0 Å². The lowest BCUT2D eigenvalue weighted by Crippen LogP contribution is -2.38. The molecule has 9 heteroatoms. The predicted octanol–water partition coefficient (Wildman–Crippen LogP) is 2.50. The van der Waals surface area contributed by atoms with E-state index in [9.17, 15) is 8.78 Å². The summed E-state index contributed by atoms with van der Waals surface area (Å²) in [5.74, 6) is 0.619. The Kier molecular flexibility index (Phi) is 6.80. The fraction of sp³-hybridized carbons (Fsp3) is 0.333. The summed E-state index contributed by atoms with van der Waals surface area (Å²) in [7, 11) is 1.63. The number of rotatable bonds is 7. The van der Waals surface area contributed by atoms with Gasteiger partial charge in [-0.1, -0.05) is 11.6 Å². The van der Waals surface area contributed by atoms with E-state index < -0.39 is 6.61 Å². The molecule has 0 spiro atoms. The third-order valence-electron chi connectivity index (χ3n) is 3.13. The van der Waals surface area contributed by atoms with Crippen LogP contribution >= 0.6 is 11.6 Å². The molecule has 2 rings (SSSR count). The zero-order valence-electron chi connectivity index (χ0n) is 13.0. The lowest BCUT2D eigenvalue weighted by molar-refractivity contribution is -0.0504. The molecule has 0 saturated carbocycles. The SMILES string of the molecule is CN=C(NCCn1ccnc1)NCc1cc(Cl)ccc1OC(F)F. The van der Waals surface area contributed by atoms with E-state index in [2.05, 4.69) is 25.3 Å². The number of hydrogen-bond donors (Lipinski definition) is 2. The van der Waals surface area contributed by atoms with Crippen molar-refractivity contribution in [2.75, 3.05) is 13.6 Å². The first kappa shape index (κ1) is 18.0. The van der Waals surface area contributed by atoms with E-state index in [1.165, 1.54) is 12.1 Å². The average Bonchev–Trinajstić information content (AvgIpc) is 3.06. The van der Waals surface area contributed by atoms with Crippen molar-refractivity contribution in [2.45, 2.75) is 19.7 Å². The van der Waals surface area contributed by atoms with Crippen molar-refractivity contribution < 1.29 is 13.5 Å². The number of guanidine groups is 1. The topological polar surface area (TPSA) is 63.5 Å². The van der Waals surface area contributed by atoms with Gasteiger partial charge in [-0.05, 0) is 18.2 Å². The highest BCUT2D eigenvalue weighted by molar-refractivity contribution is 6.30. The zero-order valence-corrected chi connectivity index (χ0v) is 13.8. The first-order valence-corrected chi connectivity index (χ1v) is 7.60. The molecular formula is C15H18ClF2N5O. The summed E-state index contributed by atoms with van der Waals surface area (Å²) in [6, 6.07) is 4.49. The Morgan fingerprint density at radius 1 is 1.42 bits per heavy atom. The van der Waals surface area contributed by atoms with E-state index in [-0.39, 0.29) is 12.3 Å². The highest BCUT2D eigenvalue weighted by atomic mass is 35.5. The van der Waals surface area contributed by atoms with Crippen molar-refractivity contribution in [3.8, 4) is 5.75 Å². The molecule has 0 aliphatic heterocycles. The normalized spacial score (nSPS) is 11.6. The molecule has 0 fully saturated rings. The summed E-state index contributed by atoms with van der Waals surface area (Å²) in [5.41, 5.74) is 0.514. The molecule has 0 atom stereocenters. The Hall–Kier alpha value is -2.35. The number of halogens is 3. The van der Waals surface area contributed by atoms with Gasteiger partial charge in [0.05, 0.1) is 6.33 Å². The quantitative estimate of drug-likeness (QED) is 0.590. The van der Waals surface area contributed by atoms with Crippen molar-refractivity contribution in [1.29, 1.82) is 0 Å². The number of hydrogen-bond acceptors (Lipinski definition) is 3. The van der Waals surface area contributed by atoms with E-state index in [1.807, 2.05) is 10.8 Å². The van der Waals surface area contributed by atoms with Crippen LogP contribution in [0, 0.1) is 0 Å². The standard InChI is InChI=1S/C15H18ClF2N5O/c1-19-15(21-5-7-23-6-4-20-10-23)22-9-11-8-12(16)2-3-13(11)24-14(17)18/h2-4,6,8,10,14H,5,7,9H2,1H3,(H2,19,21,22). The maximum absolute atomic E-state index is 12.4. The summed E-state index contributed by atoms with van der Waals surface area (Å²) in [4.78, 5) is 8.04. The summed E-state index contributed by atoms with van der Waals surface area (Å²) in [6.07, 6.45) is 5.28. The molecule has 1 aromatic carbocycles. The lowest BCUT2D eigenvalue weighted by Gasteiger charge is -2.15. The molecule has 0 amide bonds. The fourth-order valence-electron chi connectivity index (χ4n) is 2.02. The van der Waals surface area contributed by atoms with Crippen LogP contribution in [-0.4, -0.2) is 35.7 Å². The third kappa shape index (κ3) is 5.69. The number of imidazole rings is 1. The van der Waals surface area contributed by atoms with Gasteiger partial charge in [0, 0.05) is 49.7 Å². The van der Waals surface area contributed by atoms with Crippen LogP contribution < -0.4 is 15.4 Å². The highest BCUT2D eigenvalue weighted by Gasteiger charge is 2.10. The molecule has 130 valence electrons. The Bertz CT molecular complexity index is 664. The van der Waals surface area contributed by atoms with Crippen LogP contribution in [0.15, 0.2) is 41.9 Å². The molecular weight excluding hydrogens is 340 g/mol. The largest absolute Gasteiger partial charge is 0.434 e. The number of ether oxygens (including phenoxy) is 1. The molecule has 0 saturated heterocycles. The Morgan fingerprint density at radius 2 is 2.25 bits per heavy atom. The molecule has 1 aromatic heterocycles. The smallest absolute Gasteiger partial charge is 0.387 e. The van der Waals surface area contributed by atoms with Crippen molar-refractivity contribution in [2.24, 2.45) is 4.99 Å². The molecule has 1 heterocycles. The molecule has 2 aromatic rings. The molecule has 0 unspecified atom stereocenters. The number of nitrogens with zero attached hydrogens (tertiary/aromatic N) is 3. The first-order valence-electron chi connectivity index (χ1n) is 7.22. The number of nitrogens with one attached hydrogen (secondary N) is 2. The summed E-state index contributed by atoms with van der Waals surface area (Å²) < 4.78 is 31.3. The van der Waals surface area contributed by atoms with E-state index in [0.717, 1.165) is 6.54 Å². The van der Waals surface area contributed by atoms with Crippen molar-refractivity contribution in [1.82, 2.24) is 20.2 Å². The van der Waals surface area contributed by atoms with Gasteiger partial charge in [0.25, 0.3) is 0 Å². The average molecular weight is 358 g/mol. The van der Waals surface area contributed by atoms with E-state index in [0.29, 0.717) is 23.1 Å². The van der Waals surface area contributed by atoms with Crippen LogP contribution in [0.25, 0.3) is 0 Å². The molecule has 24 heavy (non-hydrogen) atoms. The van der Waals surface area contributed by atoms with Crippen LogP contribution in [0.2, 0.25) is 5.02 Å². The fourth-order valence-corrected chi connectivity index (χ4v) is 2.21. The van der Waals surface area contributed by atoms with Gasteiger partial charge >= 0.3 is 6.61 Å². The maximum Gasteiger partial charge on any atom is 0.387 e. The van der Waals surface area contributed by atoms with E-state index in [1.54, 1.807) is 25.6 Å². The number of benzene rings is 1. The molecule has 2 N–H and O–H groups in total. The van der Waals surface area contributed by atoms with Gasteiger partial charge in [-0.3, -0.25) is 4.99 Å². The van der Waals surface area contributed by atoms with Gasteiger partial charge in [-0.25, -0.2) is 4.98 Å². The van der Waals surface area contributed by atoms with Crippen LogP contribution in [0.5, 0.6) is 5.75 Å². The summed E-state index contributed by atoms with van der Waals surface area (Å²) >= 11 is 5.92. The Labute approximate surface area is 143 Å². The number of alkyl halides is 2. The first-order chi connectivity index (χ1) is 11.6. The second-order valence-electron chi connectivity index (χ2n) is 4.78. The second-order valence-corrected chi connectivity index (χ2v) is 5.22. The van der Waals surface area contributed by atoms with Gasteiger partial charge in [-0.2, -0.15) is 8.78 Å². The van der Waals surface area contributed by atoms with Gasteiger partial charge in [0.15, 0.2) is 5.96 Å². The monoisotopic (exact) mass is 357 g/mol. The van der Waals surface area contributed by atoms with E-state index in [4.69, 9.17) is 11.6 Å². The minimum atomic E-state index is -2.89. The van der Waals surface area contributed by atoms with Crippen molar-refractivity contribution >= 4 is 17.6 Å². The van der Waals surface area contributed by atoms with Crippen LogP contribution in [-0.2, 0) is 13.1 Å². The van der Waals surface area contributed by atoms with Crippen LogP contribution in [0.4, 0.5) is 8.78 Å². The molecule has 0 aliphatic carbocycles. The summed E-state index contributed by atoms with van der Waals surface area (Å²) in [5, 5.41) is 6.60. The zero-order chi connectivity index (χ0) is 17.4. The van der Waals surface area contributed by atoms with Gasteiger partial charge in [-0.15, -0.1) is 0 Å². The Balaban J connectivity index is 1.89. The van der Waals surface area contributed by atoms with Gasteiger partial charge in [0.1, 0.15) is 5.75 Å². The third-order valence-corrected chi connectivity index (χ3v) is 3.37. The molecule has 6 nitrogen and oxygen atoms in total. The molecule has 0 aliphatic rings. The molecule has 0 radical (unpaired) electrons. The Morgan fingerprint density at radius 3 is 2.92 bits per heavy atom. The lowest BCUT2D eigenvalue weighted by atomic mass is 10.2. The highest BCUT2D eigenvalue weighted by Crippen LogP contribution is 2.24. The van der Waals surface area contributed by atoms with E-state index >= 15 is 0 Å². The van der Waals surface area contributed by atoms with Crippen LogP contribution in [0.1, 0.15) is 5.56 Å². The maximum atomic E-state index is 12.4. The summed E-state index contributed by atoms with van der Waals surface area (Å²) in [6.45, 7) is -1.30. The van der Waals surface area contributed by atoms with Gasteiger partial charge in [0.2, 0.25) is 0 Å². The number of aromatic nitrogens is 2. The van der Waals surface area contributed by atoms with Gasteiger partial charge < -0.3 is 19.9 Å². The predicted molar refractivity (Wildman–Crippen MR) is 88.5 cm³/mol.